The minimum absolute atomic E-state index is 0.0189. The van der Waals surface area contributed by atoms with E-state index in [9.17, 15) is 9.59 Å². The average molecular weight is 248 g/mol. The Balaban J connectivity index is 2.40. The van der Waals surface area contributed by atoms with Crippen LogP contribution in [-0.2, 0) is 19.1 Å². The highest BCUT2D eigenvalue weighted by Crippen LogP contribution is 2.26. The van der Waals surface area contributed by atoms with Gasteiger partial charge >= 0.3 is 11.9 Å². The fourth-order valence-corrected chi connectivity index (χ4v) is 1.92. The molecule has 1 aliphatic rings. The molecule has 2 N–H and O–H groups in total. The quantitative estimate of drug-likeness (QED) is 0.383. The molecule has 0 aliphatic carbocycles. The van der Waals surface area contributed by atoms with Crippen LogP contribution in [-0.4, -0.2) is 48.5 Å². The largest absolute Gasteiger partial charge is 0.481 e. The summed E-state index contributed by atoms with van der Waals surface area (Å²) in [6, 6.07) is 0. The Morgan fingerprint density at radius 1 is 1.59 bits per heavy atom. The van der Waals surface area contributed by atoms with Crippen LogP contribution in [0.15, 0.2) is 0 Å². The molecule has 1 heterocycles. The lowest BCUT2D eigenvalue weighted by Gasteiger charge is -2.18. The van der Waals surface area contributed by atoms with Crippen molar-refractivity contribution >= 4 is 11.9 Å². The van der Waals surface area contributed by atoms with Gasteiger partial charge in [0, 0.05) is 13.0 Å². The SMILES string of the molecule is [3H]OCCC[C@H]1O[C@@H](C)C[C@H]1OC(=O)CC(=O)O. The zero-order valence-electron chi connectivity index (χ0n) is 10.8. The van der Waals surface area contributed by atoms with Crippen LogP contribution in [0.4, 0.5) is 0 Å². The fraction of sp³-hybridized carbons (Fsp3) is 0.818. The van der Waals surface area contributed by atoms with Crippen molar-refractivity contribution < 1.29 is 29.3 Å². The number of aliphatic hydroxyl groups is 1. The summed E-state index contributed by atoms with van der Waals surface area (Å²) in [5.74, 6) is -1.95. The van der Waals surface area contributed by atoms with E-state index < -0.39 is 24.5 Å². The predicted molar refractivity (Wildman–Crippen MR) is 57.4 cm³/mol. The molecule has 0 bridgehead atoms. The Hall–Kier alpha value is -1.14. The first-order valence-corrected chi connectivity index (χ1v) is 5.67. The molecular formula is C11H18O6. The maximum absolute atomic E-state index is 11.3. The van der Waals surface area contributed by atoms with Crippen LogP contribution in [0.2, 0.25) is 0 Å². The van der Waals surface area contributed by atoms with Gasteiger partial charge in [0.05, 0.1) is 12.2 Å². The fourth-order valence-electron chi connectivity index (χ4n) is 1.92. The Bertz CT molecular complexity index is 295. The number of aliphatic hydroxyl groups excluding tert-OH is 1. The monoisotopic (exact) mass is 248 g/mol. The highest BCUT2D eigenvalue weighted by molar-refractivity contribution is 5.90. The molecule has 0 saturated carbocycles. The third kappa shape index (κ3) is 4.70. The Labute approximate surface area is 101 Å². The summed E-state index contributed by atoms with van der Waals surface area (Å²) in [6.07, 6.45) is 0.521. The standard InChI is InChI=1S/C11H18O6/c1-7-5-9(8(16-7)3-2-4-12)17-11(15)6-10(13)14/h7-9,12H,2-6H2,1H3,(H,13,14)/t7-,8+,9+/m0/s1/i12T. The van der Waals surface area contributed by atoms with Gasteiger partial charge in [-0.1, -0.05) is 0 Å². The molecule has 0 radical (unpaired) electrons. The smallest absolute Gasteiger partial charge is 0.317 e. The van der Waals surface area contributed by atoms with Crippen molar-refractivity contribution in [2.75, 3.05) is 6.61 Å². The minimum atomic E-state index is -1.20. The van der Waals surface area contributed by atoms with Crippen LogP contribution in [0.25, 0.3) is 0 Å². The molecule has 6 nitrogen and oxygen atoms in total. The minimum Gasteiger partial charge on any atom is -0.481 e. The number of aliphatic carboxylic acids is 1. The topological polar surface area (TPSA) is 93.1 Å². The van der Waals surface area contributed by atoms with Gasteiger partial charge in [-0.15, -0.1) is 0 Å². The molecule has 1 rings (SSSR count). The van der Waals surface area contributed by atoms with Crippen molar-refractivity contribution in [1.29, 1.82) is 1.43 Å². The van der Waals surface area contributed by atoms with E-state index in [1.54, 1.807) is 0 Å². The molecular weight excluding hydrogens is 228 g/mol. The van der Waals surface area contributed by atoms with Gasteiger partial charge in [0.25, 0.3) is 0 Å². The molecule has 0 spiro atoms. The number of carbonyl (C=O) groups is 2. The van der Waals surface area contributed by atoms with E-state index in [1.165, 1.54) is 0 Å². The molecule has 1 saturated heterocycles. The predicted octanol–water partition coefficient (Wildman–Crippen LogP) is 0.323. The van der Waals surface area contributed by atoms with Crippen LogP contribution in [0.1, 0.15) is 32.6 Å². The Morgan fingerprint density at radius 3 is 3.00 bits per heavy atom. The number of rotatable bonds is 7. The van der Waals surface area contributed by atoms with Crippen LogP contribution < -0.4 is 0 Å². The average Bonchev–Trinajstić information content (AvgIpc) is 2.58. The second kappa shape index (κ2) is 6.56. The van der Waals surface area contributed by atoms with E-state index in [-0.39, 0.29) is 12.2 Å². The summed E-state index contributed by atoms with van der Waals surface area (Å²) >= 11 is 0. The zero-order chi connectivity index (χ0) is 13.5. The molecule has 0 unspecified atom stereocenters. The summed E-state index contributed by atoms with van der Waals surface area (Å²) in [5, 5.41) is 12.7. The first kappa shape index (κ1) is 12.3. The maximum atomic E-state index is 11.3. The molecule has 0 aromatic heterocycles. The molecule has 0 aromatic carbocycles. The lowest BCUT2D eigenvalue weighted by Crippen LogP contribution is -2.28. The lowest BCUT2D eigenvalue weighted by atomic mass is 10.1. The van der Waals surface area contributed by atoms with Gasteiger partial charge in [-0.25, -0.2) is 0 Å². The Kier molecular flexibility index (Phi) is 4.75. The van der Waals surface area contributed by atoms with E-state index in [0.717, 1.165) is 0 Å². The molecule has 3 atom stereocenters. The second-order valence-corrected chi connectivity index (χ2v) is 4.17. The van der Waals surface area contributed by atoms with Gasteiger partial charge in [0.1, 0.15) is 12.5 Å². The van der Waals surface area contributed by atoms with E-state index in [2.05, 4.69) is 5.11 Å². The van der Waals surface area contributed by atoms with E-state index in [1.807, 2.05) is 6.92 Å². The first-order chi connectivity index (χ1) is 8.52. The number of hydrogen-bond acceptors (Lipinski definition) is 5. The number of carbonyl (C=O) groups excluding carboxylic acids is 1. The molecule has 98 valence electrons. The van der Waals surface area contributed by atoms with Crippen LogP contribution >= 0.6 is 0 Å². The molecule has 17 heavy (non-hydrogen) atoms. The van der Waals surface area contributed by atoms with Crippen molar-refractivity contribution in [2.45, 2.75) is 50.9 Å². The van der Waals surface area contributed by atoms with Crippen molar-refractivity contribution in [1.82, 2.24) is 0 Å². The van der Waals surface area contributed by atoms with Gasteiger partial charge in [-0.3, -0.25) is 9.59 Å². The first-order valence-electron chi connectivity index (χ1n) is 6.08. The number of carboxylic acid groups (broad SMARTS) is 1. The highest BCUT2D eigenvalue weighted by atomic mass is 16.6. The van der Waals surface area contributed by atoms with Gasteiger partial charge < -0.3 is 19.7 Å². The number of carboxylic acids is 1. The van der Waals surface area contributed by atoms with Gasteiger partial charge in [-0.05, 0) is 19.8 Å². The van der Waals surface area contributed by atoms with Crippen LogP contribution in [0, 0.1) is 0 Å². The molecule has 6 heteroatoms. The van der Waals surface area contributed by atoms with Crippen molar-refractivity contribution in [3.8, 4) is 0 Å². The van der Waals surface area contributed by atoms with Crippen molar-refractivity contribution in [3.05, 3.63) is 0 Å². The third-order valence-electron chi connectivity index (χ3n) is 2.60. The molecule has 1 aliphatic heterocycles. The normalized spacial score (nSPS) is 28.8. The van der Waals surface area contributed by atoms with Crippen molar-refractivity contribution in [3.63, 3.8) is 0 Å². The zero-order valence-corrected chi connectivity index (χ0v) is 9.76. The van der Waals surface area contributed by atoms with Gasteiger partial charge in [0.15, 0.2) is 0 Å². The lowest BCUT2D eigenvalue weighted by molar-refractivity contribution is -0.157. The Morgan fingerprint density at radius 2 is 2.35 bits per heavy atom. The molecule has 0 aromatic rings. The maximum Gasteiger partial charge on any atom is 0.317 e. The summed E-state index contributed by atoms with van der Waals surface area (Å²) in [5.41, 5.74) is 0. The van der Waals surface area contributed by atoms with Crippen molar-refractivity contribution in [2.24, 2.45) is 0 Å². The van der Waals surface area contributed by atoms with Gasteiger partial charge in [0.2, 0.25) is 1.43 Å². The number of hydrogen-bond donors (Lipinski definition) is 2. The van der Waals surface area contributed by atoms with Crippen LogP contribution in [0.3, 0.4) is 0 Å². The number of ether oxygens (including phenoxy) is 2. The highest BCUT2D eigenvalue weighted by Gasteiger charge is 2.35. The molecule has 0 amide bonds. The molecule has 1 fully saturated rings. The second-order valence-electron chi connectivity index (χ2n) is 4.17. The van der Waals surface area contributed by atoms with E-state index in [4.69, 9.17) is 16.0 Å². The van der Waals surface area contributed by atoms with E-state index >= 15 is 0 Å². The number of esters is 1. The summed E-state index contributed by atoms with van der Waals surface area (Å²) < 4.78 is 17.3. The summed E-state index contributed by atoms with van der Waals surface area (Å²) in [6.45, 7) is 2.17. The summed E-state index contributed by atoms with van der Waals surface area (Å²) in [7, 11) is 0. The van der Waals surface area contributed by atoms with E-state index in [0.29, 0.717) is 25.9 Å². The third-order valence-corrected chi connectivity index (χ3v) is 2.60. The van der Waals surface area contributed by atoms with Gasteiger partial charge in [-0.2, -0.15) is 0 Å². The van der Waals surface area contributed by atoms with Crippen LogP contribution in [0.5, 0.6) is 0 Å². The summed E-state index contributed by atoms with van der Waals surface area (Å²) in [4.78, 5) is 21.6.